The van der Waals surface area contributed by atoms with Gasteiger partial charge in [0.1, 0.15) is 0 Å². The van der Waals surface area contributed by atoms with Crippen LogP contribution in [0.5, 0.6) is 0 Å². The molecule has 0 bridgehead atoms. The molecule has 2 aliphatic rings. The molecule has 2 heterocycles. The van der Waals surface area contributed by atoms with Crippen molar-refractivity contribution in [3.63, 3.8) is 0 Å². The summed E-state index contributed by atoms with van der Waals surface area (Å²) in [5, 5.41) is 1.27. The molecule has 6 nitrogen and oxygen atoms in total. The highest BCUT2D eigenvalue weighted by Gasteiger charge is 2.34. The van der Waals surface area contributed by atoms with Crippen molar-refractivity contribution >= 4 is 27.7 Å². The summed E-state index contributed by atoms with van der Waals surface area (Å²) in [5.41, 5.74) is 3.06. The van der Waals surface area contributed by atoms with Crippen LogP contribution in [0.25, 0.3) is 6.08 Å². The Hall–Kier alpha value is -2.48. The van der Waals surface area contributed by atoms with Crippen LogP contribution in [0.1, 0.15) is 18.1 Å². The highest BCUT2D eigenvalue weighted by Crippen LogP contribution is 2.28. The first-order valence-electron chi connectivity index (χ1n) is 10.3. The highest BCUT2D eigenvalue weighted by molar-refractivity contribution is 7.92. The molecule has 1 atom stereocenters. The molecule has 2 aromatic carbocycles. The minimum atomic E-state index is -3.48. The molecule has 0 spiro atoms. The van der Waals surface area contributed by atoms with Crippen molar-refractivity contribution in [3.05, 3.63) is 71.1 Å². The van der Waals surface area contributed by atoms with Crippen molar-refractivity contribution < 1.29 is 13.2 Å². The Morgan fingerprint density at radius 2 is 1.60 bits per heavy atom. The molecular formula is C23H27N3O3S. The second kappa shape index (κ2) is 8.71. The average molecular weight is 426 g/mol. The van der Waals surface area contributed by atoms with E-state index >= 15 is 0 Å². The number of rotatable bonds is 5. The molecule has 0 aromatic heterocycles. The van der Waals surface area contributed by atoms with E-state index in [9.17, 15) is 13.2 Å². The van der Waals surface area contributed by atoms with E-state index in [1.807, 2.05) is 60.4 Å². The zero-order valence-corrected chi connectivity index (χ0v) is 18.0. The third-order valence-corrected chi connectivity index (χ3v) is 7.49. The van der Waals surface area contributed by atoms with Crippen molar-refractivity contribution in [1.82, 2.24) is 9.21 Å². The molecule has 1 saturated heterocycles. The number of benzene rings is 2. The lowest BCUT2D eigenvalue weighted by atomic mass is 10.1. The maximum Gasteiger partial charge on any atom is 0.244 e. The van der Waals surface area contributed by atoms with Crippen molar-refractivity contribution in [2.75, 3.05) is 37.6 Å². The van der Waals surface area contributed by atoms with Gasteiger partial charge in [-0.1, -0.05) is 48.5 Å². The lowest BCUT2D eigenvalue weighted by Gasteiger charge is -2.37. The number of amides is 1. The lowest BCUT2D eigenvalue weighted by molar-refractivity contribution is -0.123. The Morgan fingerprint density at radius 1 is 0.933 bits per heavy atom. The highest BCUT2D eigenvalue weighted by atomic mass is 32.2. The number of nitrogens with zero attached hydrogens (tertiary/aromatic N) is 3. The summed E-state index contributed by atoms with van der Waals surface area (Å²) in [6.45, 7) is 4.48. The smallest absolute Gasteiger partial charge is 0.244 e. The number of sulfonamides is 1. The van der Waals surface area contributed by atoms with Gasteiger partial charge >= 0.3 is 0 Å². The molecule has 7 heteroatoms. The Kier molecular flexibility index (Phi) is 6.04. The Balaban J connectivity index is 1.36. The average Bonchev–Trinajstić information content (AvgIpc) is 3.22. The third kappa shape index (κ3) is 4.33. The van der Waals surface area contributed by atoms with Crippen LogP contribution >= 0.6 is 0 Å². The Bertz CT molecular complexity index is 1030. The van der Waals surface area contributed by atoms with E-state index in [-0.39, 0.29) is 11.9 Å². The summed E-state index contributed by atoms with van der Waals surface area (Å²) in [4.78, 5) is 17.0. The van der Waals surface area contributed by atoms with E-state index in [1.54, 1.807) is 6.08 Å². The summed E-state index contributed by atoms with van der Waals surface area (Å²) in [7, 11) is -3.48. The van der Waals surface area contributed by atoms with Gasteiger partial charge in [-0.3, -0.25) is 9.69 Å². The van der Waals surface area contributed by atoms with Gasteiger partial charge in [0.25, 0.3) is 0 Å². The predicted octanol–water partition coefficient (Wildman–Crippen LogP) is 2.58. The van der Waals surface area contributed by atoms with Crippen LogP contribution in [0.15, 0.2) is 60.0 Å². The number of carbonyl (C=O) groups is 1. The largest absolute Gasteiger partial charge is 0.310 e. The molecule has 30 heavy (non-hydrogen) atoms. The quantitative estimate of drug-likeness (QED) is 0.739. The summed E-state index contributed by atoms with van der Waals surface area (Å²) in [5.74, 6) is 0.0835. The summed E-state index contributed by atoms with van der Waals surface area (Å²) < 4.78 is 26.8. The number of anilines is 1. The molecule has 0 N–H and O–H groups in total. The first kappa shape index (κ1) is 20.8. The molecule has 158 valence electrons. The minimum Gasteiger partial charge on any atom is -0.310 e. The van der Waals surface area contributed by atoms with Crippen LogP contribution in [-0.4, -0.2) is 62.3 Å². The van der Waals surface area contributed by atoms with E-state index < -0.39 is 10.0 Å². The van der Waals surface area contributed by atoms with Crippen LogP contribution in [0, 0.1) is 0 Å². The maximum absolute atomic E-state index is 13.1. The minimum absolute atomic E-state index is 0.0835. The molecule has 1 fully saturated rings. The maximum atomic E-state index is 13.1. The number of hydrogen-bond acceptors (Lipinski definition) is 4. The monoisotopic (exact) mass is 425 g/mol. The summed E-state index contributed by atoms with van der Waals surface area (Å²) in [6, 6.07) is 17.1. The van der Waals surface area contributed by atoms with Crippen LogP contribution in [0.4, 0.5) is 5.69 Å². The fraction of sp³-hybridized carbons (Fsp3) is 0.348. The van der Waals surface area contributed by atoms with Crippen LogP contribution in [0.3, 0.4) is 0 Å². The molecule has 4 rings (SSSR count). The first-order valence-corrected chi connectivity index (χ1v) is 11.8. The van der Waals surface area contributed by atoms with Gasteiger partial charge in [0, 0.05) is 43.8 Å². The summed E-state index contributed by atoms with van der Waals surface area (Å²) in [6.07, 6.45) is 2.51. The second-order valence-corrected chi connectivity index (χ2v) is 9.56. The SMILES string of the molecule is C[C@H](C(=O)N1CCc2ccccc21)N1CCN(S(=O)(=O)/C=C/c2ccccc2)CC1. The van der Waals surface area contributed by atoms with Crippen LogP contribution in [-0.2, 0) is 21.2 Å². The lowest BCUT2D eigenvalue weighted by Crippen LogP contribution is -2.55. The van der Waals surface area contributed by atoms with Crippen molar-refractivity contribution in [1.29, 1.82) is 0 Å². The van der Waals surface area contributed by atoms with Gasteiger partial charge in [-0.15, -0.1) is 0 Å². The molecule has 2 aliphatic heterocycles. The predicted molar refractivity (Wildman–Crippen MR) is 120 cm³/mol. The van der Waals surface area contributed by atoms with Crippen molar-refractivity contribution in [3.8, 4) is 0 Å². The van der Waals surface area contributed by atoms with Crippen molar-refractivity contribution in [2.24, 2.45) is 0 Å². The molecule has 0 saturated carbocycles. The van der Waals surface area contributed by atoms with Crippen molar-refractivity contribution in [2.45, 2.75) is 19.4 Å². The van der Waals surface area contributed by atoms with Gasteiger partial charge in [0.2, 0.25) is 15.9 Å². The van der Waals surface area contributed by atoms with Gasteiger partial charge in [-0.05, 0) is 36.6 Å². The molecule has 1 amide bonds. The van der Waals surface area contributed by atoms with Gasteiger partial charge < -0.3 is 4.90 Å². The molecule has 0 unspecified atom stereocenters. The standard InChI is InChI=1S/C23H27N3O3S/c1-19(23(27)26-13-11-21-9-5-6-10-22(21)26)24-14-16-25(17-15-24)30(28,29)18-12-20-7-3-2-4-8-20/h2-10,12,18-19H,11,13-17H2,1H3/b18-12+/t19-/m1/s1. The van der Waals surface area contributed by atoms with E-state index in [0.717, 1.165) is 17.7 Å². The zero-order chi connectivity index (χ0) is 21.1. The normalized spacial score (nSPS) is 19.2. The van der Waals surface area contributed by atoms with E-state index in [2.05, 4.69) is 11.0 Å². The first-order chi connectivity index (χ1) is 14.5. The Morgan fingerprint density at radius 3 is 2.33 bits per heavy atom. The number of fused-ring (bicyclic) bond motifs is 1. The molecule has 2 aromatic rings. The number of hydrogen-bond donors (Lipinski definition) is 0. The fourth-order valence-corrected chi connectivity index (χ4v) is 5.28. The summed E-state index contributed by atoms with van der Waals surface area (Å²) >= 11 is 0. The number of piperazine rings is 1. The molecule has 0 radical (unpaired) electrons. The molecular weight excluding hydrogens is 398 g/mol. The van der Waals surface area contributed by atoms with Gasteiger partial charge in [0.15, 0.2) is 0 Å². The van der Waals surface area contributed by atoms with Crippen LogP contribution in [0.2, 0.25) is 0 Å². The van der Waals surface area contributed by atoms with E-state index in [4.69, 9.17) is 0 Å². The topological polar surface area (TPSA) is 60.9 Å². The fourth-order valence-electron chi connectivity index (χ4n) is 4.11. The van der Waals surface area contributed by atoms with Crippen LogP contribution < -0.4 is 4.90 Å². The Labute approximate surface area is 178 Å². The van der Waals surface area contributed by atoms with Gasteiger partial charge in [-0.2, -0.15) is 4.31 Å². The van der Waals surface area contributed by atoms with E-state index in [1.165, 1.54) is 15.3 Å². The number of para-hydroxylation sites is 1. The van der Waals surface area contributed by atoms with Gasteiger partial charge in [-0.25, -0.2) is 8.42 Å². The second-order valence-electron chi connectivity index (χ2n) is 7.74. The zero-order valence-electron chi connectivity index (χ0n) is 17.1. The third-order valence-electron chi connectivity index (χ3n) is 5.92. The molecule has 0 aliphatic carbocycles. The van der Waals surface area contributed by atoms with E-state index in [0.29, 0.717) is 32.7 Å². The van der Waals surface area contributed by atoms with Gasteiger partial charge in [0.05, 0.1) is 6.04 Å². The number of carbonyl (C=O) groups excluding carboxylic acids is 1.